The van der Waals surface area contributed by atoms with E-state index in [1.54, 1.807) is 36.7 Å². The molecule has 0 saturated heterocycles. The second-order valence-corrected chi connectivity index (χ2v) is 5.31. The van der Waals surface area contributed by atoms with Crippen molar-refractivity contribution < 1.29 is 4.79 Å². The maximum absolute atomic E-state index is 11.3. The first-order chi connectivity index (χ1) is 10.1. The predicted molar refractivity (Wildman–Crippen MR) is 83.5 cm³/mol. The van der Waals surface area contributed by atoms with Gasteiger partial charge in [0.25, 0.3) is 0 Å². The van der Waals surface area contributed by atoms with E-state index >= 15 is 0 Å². The summed E-state index contributed by atoms with van der Waals surface area (Å²) in [7, 11) is 0. The first-order valence-corrected chi connectivity index (χ1v) is 6.81. The molecule has 0 spiro atoms. The summed E-state index contributed by atoms with van der Waals surface area (Å²) in [6.07, 6.45) is 4.72. The number of nitrogens with zero attached hydrogens (tertiary/aromatic N) is 2. The summed E-state index contributed by atoms with van der Waals surface area (Å²) in [6.45, 7) is 0. The fraction of sp³-hybridized carbons (Fsp3) is 0. The van der Waals surface area contributed by atoms with E-state index in [0.29, 0.717) is 21.1 Å². The Bertz CT molecular complexity index is 865. The third-order valence-electron chi connectivity index (χ3n) is 3.11. The molecule has 3 aromatic rings. The zero-order valence-electron chi connectivity index (χ0n) is 10.7. The van der Waals surface area contributed by atoms with Gasteiger partial charge < -0.3 is 5.73 Å². The first-order valence-electron chi connectivity index (χ1n) is 6.05. The van der Waals surface area contributed by atoms with Gasteiger partial charge in [0.05, 0.1) is 17.3 Å². The van der Waals surface area contributed by atoms with Gasteiger partial charge in [-0.25, -0.2) is 0 Å². The maximum Gasteiger partial charge on any atom is 0.250 e. The third kappa shape index (κ3) is 2.55. The lowest BCUT2D eigenvalue weighted by atomic mass is 10.0. The van der Waals surface area contributed by atoms with E-state index in [9.17, 15) is 4.79 Å². The average Bonchev–Trinajstić information content (AvgIpc) is 2.46. The Kier molecular flexibility index (Phi) is 3.49. The minimum absolute atomic E-state index is 0.333. The summed E-state index contributed by atoms with van der Waals surface area (Å²) in [5.41, 5.74) is 7.83. The van der Waals surface area contributed by atoms with Crippen molar-refractivity contribution in [1.82, 2.24) is 9.97 Å². The van der Waals surface area contributed by atoms with Crippen molar-refractivity contribution in [3.8, 4) is 11.1 Å². The highest BCUT2D eigenvalue weighted by molar-refractivity contribution is 6.36. The Labute approximate surface area is 130 Å². The van der Waals surface area contributed by atoms with Crippen LogP contribution in [-0.4, -0.2) is 15.9 Å². The molecule has 0 aliphatic heterocycles. The molecule has 0 fully saturated rings. The maximum atomic E-state index is 11.3. The van der Waals surface area contributed by atoms with Gasteiger partial charge in [-0.2, -0.15) is 0 Å². The van der Waals surface area contributed by atoms with Gasteiger partial charge in [-0.05, 0) is 18.2 Å². The van der Waals surface area contributed by atoms with Gasteiger partial charge >= 0.3 is 0 Å². The number of nitrogens with two attached hydrogens (primary N) is 1. The number of fused-ring (bicyclic) bond motifs is 1. The predicted octanol–water partition coefficient (Wildman–Crippen LogP) is 3.70. The highest BCUT2D eigenvalue weighted by Crippen LogP contribution is 2.34. The molecule has 0 aliphatic rings. The van der Waals surface area contributed by atoms with Crippen molar-refractivity contribution in [1.29, 1.82) is 0 Å². The Morgan fingerprint density at radius 3 is 2.57 bits per heavy atom. The molecule has 0 unspecified atom stereocenters. The number of carbonyl (C=O) groups excluding carboxylic acids is 1. The summed E-state index contributed by atoms with van der Waals surface area (Å²) in [5, 5.41) is 1.81. The second kappa shape index (κ2) is 5.31. The van der Waals surface area contributed by atoms with Gasteiger partial charge in [0.1, 0.15) is 0 Å². The van der Waals surface area contributed by atoms with Crippen molar-refractivity contribution in [3.63, 3.8) is 0 Å². The number of primary amides is 1. The Hall–Kier alpha value is -2.17. The van der Waals surface area contributed by atoms with Crippen LogP contribution in [0.15, 0.2) is 42.9 Å². The van der Waals surface area contributed by atoms with Crippen LogP contribution in [0, 0.1) is 0 Å². The number of hydrogen-bond acceptors (Lipinski definition) is 3. The van der Waals surface area contributed by atoms with E-state index in [2.05, 4.69) is 9.97 Å². The molecule has 21 heavy (non-hydrogen) atoms. The lowest BCUT2D eigenvalue weighted by Gasteiger charge is -2.09. The standard InChI is InChI=1S/C15H9Cl2N3O/c16-9-1-2-10(13(17)4-9)12-6-19-7-14-11(12)3-8(5-20-14)15(18)21/h1-7H,(H2,18,21). The molecule has 4 nitrogen and oxygen atoms in total. The molecule has 0 aliphatic carbocycles. The van der Waals surface area contributed by atoms with Crippen LogP contribution in [0.2, 0.25) is 10.0 Å². The van der Waals surface area contributed by atoms with Gasteiger partial charge in [0.2, 0.25) is 5.91 Å². The quantitative estimate of drug-likeness (QED) is 0.783. The molecule has 104 valence electrons. The van der Waals surface area contributed by atoms with E-state index in [0.717, 1.165) is 16.5 Å². The molecule has 0 atom stereocenters. The molecule has 1 aromatic carbocycles. The first kappa shape index (κ1) is 13.8. The van der Waals surface area contributed by atoms with Crippen LogP contribution in [0.5, 0.6) is 0 Å². The van der Waals surface area contributed by atoms with Crippen LogP contribution < -0.4 is 5.73 Å². The highest BCUT2D eigenvalue weighted by atomic mass is 35.5. The topological polar surface area (TPSA) is 68.9 Å². The van der Waals surface area contributed by atoms with E-state index < -0.39 is 5.91 Å². The Balaban J connectivity index is 2.31. The molecular weight excluding hydrogens is 309 g/mol. The number of halogens is 2. The third-order valence-corrected chi connectivity index (χ3v) is 3.66. The minimum atomic E-state index is -0.533. The van der Waals surface area contributed by atoms with Gasteiger partial charge in [0.15, 0.2) is 0 Å². The minimum Gasteiger partial charge on any atom is -0.366 e. The van der Waals surface area contributed by atoms with Crippen LogP contribution in [0.3, 0.4) is 0 Å². The van der Waals surface area contributed by atoms with E-state index in [1.807, 2.05) is 0 Å². The molecule has 1 amide bonds. The molecule has 3 rings (SSSR count). The summed E-state index contributed by atoms with van der Waals surface area (Å²) >= 11 is 12.2. The van der Waals surface area contributed by atoms with Crippen LogP contribution in [0.25, 0.3) is 22.0 Å². The van der Waals surface area contributed by atoms with Gasteiger partial charge in [0, 0.05) is 39.0 Å². The molecule has 0 saturated carbocycles. The van der Waals surface area contributed by atoms with Crippen LogP contribution >= 0.6 is 23.2 Å². The number of benzene rings is 1. The molecule has 2 N–H and O–H groups in total. The monoisotopic (exact) mass is 317 g/mol. The van der Waals surface area contributed by atoms with E-state index in [4.69, 9.17) is 28.9 Å². The zero-order valence-corrected chi connectivity index (χ0v) is 12.2. The van der Waals surface area contributed by atoms with Crippen molar-refractivity contribution >= 4 is 40.0 Å². The number of hydrogen-bond donors (Lipinski definition) is 1. The van der Waals surface area contributed by atoms with E-state index in [1.165, 1.54) is 6.20 Å². The largest absolute Gasteiger partial charge is 0.366 e. The van der Waals surface area contributed by atoms with Crippen LogP contribution in [0.1, 0.15) is 10.4 Å². The highest BCUT2D eigenvalue weighted by Gasteiger charge is 2.11. The zero-order chi connectivity index (χ0) is 15.0. The van der Waals surface area contributed by atoms with Crippen molar-refractivity contribution in [2.75, 3.05) is 0 Å². The van der Waals surface area contributed by atoms with Crippen LogP contribution in [0.4, 0.5) is 0 Å². The van der Waals surface area contributed by atoms with Crippen LogP contribution in [-0.2, 0) is 0 Å². The number of amides is 1. The van der Waals surface area contributed by atoms with E-state index in [-0.39, 0.29) is 0 Å². The summed E-state index contributed by atoms with van der Waals surface area (Å²) in [4.78, 5) is 19.7. The van der Waals surface area contributed by atoms with Crippen molar-refractivity contribution in [2.45, 2.75) is 0 Å². The summed E-state index contributed by atoms with van der Waals surface area (Å²) in [5.74, 6) is -0.533. The van der Waals surface area contributed by atoms with Crippen molar-refractivity contribution in [2.24, 2.45) is 5.73 Å². The lowest BCUT2D eigenvalue weighted by Crippen LogP contribution is -2.11. The SMILES string of the molecule is NC(=O)c1cnc2cncc(-c3ccc(Cl)cc3Cl)c2c1. The smallest absolute Gasteiger partial charge is 0.250 e. The Morgan fingerprint density at radius 1 is 1.05 bits per heavy atom. The molecule has 2 heterocycles. The van der Waals surface area contributed by atoms with Gasteiger partial charge in [-0.3, -0.25) is 14.8 Å². The number of aromatic nitrogens is 2. The molecule has 6 heteroatoms. The normalized spacial score (nSPS) is 10.8. The number of carbonyl (C=O) groups is 1. The summed E-state index contributed by atoms with van der Waals surface area (Å²) in [6, 6.07) is 6.89. The lowest BCUT2D eigenvalue weighted by molar-refractivity contribution is 0.1000. The summed E-state index contributed by atoms with van der Waals surface area (Å²) < 4.78 is 0. The number of rotatable bonds is 2. The Morgan fingerprint density at radius 2 is 1.86 bits per heavy atom. The average molecular weight is 318 g/mol. The van der Waals surface area contributed by atoms with Crippen molar-refractivity contribution in [3.05, 3.63) is 58.5 Å². The fourth-order valence-electron chi connectivity index (χ4n) is 2.10. The van der Waals surface area contributed by atoms with Gasteiger partial charge in [-0.1, -0.05) is 29.3 Å². The molecule has 0 radical (unpaired) electrons. The molecular formula is C15H9Cl2N3O. The second-order valence-electron chi connectivity index (χ2n) is 4.47. The fourth-order valence-corrected chi connectivity index (χ4v) is 2.61. The van der Waals surface area contributed by atoms with Gasteiger partial charge in [-0.15, -0.1) is 0 Å². The number of pyridine rings is 2. The molecule has 2 aromatic heterocycles. The molecule has 0 bridgehead atoms.